The molecule has 3 rings (SSSR count). The van der Waals surface area contributed by atoms with Gasteiger partial charge in [0.25, 0.3) is 0 Å². The first-order valence-corrected chi connectivity index (χ1v) is 9.73. The van der Waals surface area contributed by atoms with Gasteiger partial charge < -0.3 is 10.2 Å². The van der Waals surface area contributed by atoms with Crippen LogP contribution >= 0.6 is 11.8 Å². The highest BCUT2D eigenvalue weighted by atomic mass is 32.2. The first kappa shape index (κ1) is 19.3. The lowest BCUT2D eigenvalue weighted by molar-refractivity contribution is 0.190. The predicted molar refractivity (Wildman–Crippen MR) is 112 cm³/mol. The lowest BCUT2D eigenvalue weighted by atomic mass is 10.1. The van der Waals surface area contributed by atoms with Crippen LogP contribution in [0.25, 0.3) is 10.8 Å². The molecule has 1 aliphatic rings. The van der Waals surface area contributed by atoms with Gasteiger partial charge in [-0.25, -0.2) is 9.78 Å². The molecule has 7 nitrogen and oxygen atoms in total. The Labute approximate surface area is 162 Å². The second-order valence-electron chi connectivity index (χ2n) is 6.60. The van der Waals surface area contributed by atoms with Gasteiger partial charge in [0.1, 0.15) is 10.9 Å². The lowest BCUT2D eigenvalue weighted by Crippen LogP contribution is -2.45. The van der Waals surface area contributed by atoms with Crippen molar-refractivity contribution in [2.75, 3.05) is 25.5 Å². The maximum absolute atomic E-state index is 12.5. The minimum Gasteiger partial charge on any atom is -0.324 e. The van der Waals surface area contributed by atoms with Gasteiger partial charge in [0.15, 0.2) is 0 Å². The summed E-state index contributed by atoms with van der Waals surface area (Å²) in [7, 11) is 1.95. The summed E-state index contributed by atoms with van der Waals surface area (Å²) in [5, 5.41) is 24.3. The molecule has 0 bridgehead atoms. The minimum atomic E-state index is -0.129. The number of pyridine rings is 1. The van der Waals surface area contributed by atoms with Crippen molar-refractivity contribution >= 4 is 44.5 Å². The number of hydrogen-bond acceptors (Lipinski definition) is 6. The van der Waals surface area contributed by atoms with E-state index in [0.717, 1.165) is 54.0 Å². The number of hydrogen-bond donors (Lipinski definition) is 4. The van der Waals surface area contributed by atoms with Crippen LogP contribution < -0.4 is 10.6 Å². The molecule has 0 aliphatic carbocycles. The van der Waals surface area contributed by atoms with E-state index in [9.17, 15) is 4.79 Å². The second-order valence-corrected chi connectivity index (χ2v) is 7.82. The van der Waals surface area contributed by atoms with Gasteiger partial charge in [-0.15, -0.1) is 0 Å². The van der Waals surface area contributed by atoms with Crippen molar-refractivity contribution in [1.82, 2.24) is 15.2 Å². The normalized spacial score (nSPS) is 15.0. The van der Waals surface area contributed by atoms with Crippen LogP contribution in [-0.4, -0.2) is 52.2 Å². The van der Waals surface area contributed by atoms with Crippen LogP contribution in [-0.2, 0) is 0 Å². The van der Waals surface area contributed by atoms with Gasteiger partial charge in [0, 0.05) is 36.3 Å². The molecule has 0 saturated carbocycles. The fraction of sp³-hybridized carbons (Fsp3) is 0.368. The van der Waals surface area contributed by atoms with E-state index in [-0.39, 0.29) is 6.03 Å². The molecule has 1 aliphatic heterocycles. The molecular formula is C19H24N6OS. The third-order valence-electron chi connectivity index (χ3n) is 4.66. The summed E-state index contributed by atoms with van der Waals surface area (Å²) in [6, 6.07) is 7.82. The summed E-state index contributed by atoms with van der Waals surface area (Å²) >= 11 is 1.12. The number of aromatic nitrogens is 1. The SMILES string of the molecule is CNC1CCN(C(=O)Nc2cc3cc(C(=N)SC(C)=N)ccc3cn2)CC1. The molecule has 27 heavy (non-hydrogen) atoms. The Kier molecular flexibility index (Phi) is 6.08. The molecular weight excluding hydrogens is 360 g/mol. The number of nitrogens with zero attached hydrogens (tertiary/aromatic N) is 2. The molecule has 1 saturated heterocycles. The maximum atomic E-state index is 12.5. The third kappa shape index (κ3) is 4.84. The van der Waals surface area contributed by atoms with Crippen molar-refractivity contribution in [2.24, 2.45) is 0 Å². The summed E-state index contributed by atoms with van der Waals surface area (Å²) in [6.07, 6.45) is 3.62. The average Bonchev–Trinajstić information content (AvgIpc) is 2.67. The number of rotatable bonds is 3. The fourth-order valence-corrected chi connectivity index (χ4v) is 3.67. The number of anilines is 1. The molecule has 1 aromatic heterocycles. The van der Waals surface area contributed by atoms with Gasteiger partial charge in [0.2, 0.25) is 0 Å². The Balaban J connectivity index is 1.72. The Morgan fingerprint density at radius 1 is 1.22 bits per heavy atom. The highest BCUT2D eigenvalue weighted by Crippen LogP contribution is 2.22. The van der Waals surface area contributed by atoms with E-state index in [1.807, 2.05) is 36.2 Å². The quantitative estimate of drug-likeness (QED) is 0.480. The molecule has 0 atom stereocenters. The van der Waals surface area contributed by atoms with E-state index in [1.54, 1.807) is 13.1 Å². The van der Waals surface area contributed by atoms with Crippen LogP contribution in [0.4, 0.5) is 10.6 Å². The van der Waals surface area contributed by atoms with Gasteiger partial charge in [-0.1, -0.05) is 23.9 Å². The molecule has 0 spiro atoms. The molecule has 2 amide bonds. The molecule has 4 N–H and O–H groups in total. The van der Waals surface area contributed by atoms with Crippen molar-refractivity contribution in [3.8, 4) is 0 Å². The number of likely N-dealkylation sites (tertiary alicyclic amines) is 1. The van der Waals surface area contributed by atoms with E-state index in [0.29, 0.717) is 21.9 Å². The number of piperidine rings is 1. The maximum Gasteiger partial charge on any atom is 0.323 e. The lowest BCUT2D eigenvalue weighted by Gasteiger charge is -2.31. The highest BCUT2D eigenvalue weighted by molar-refractivity contribution is 8.26. The molecule has 0 radical (unpaired) electrons. The third-order valence-corrected chi connectivity index (χ3v) is 5.41. The zero-order valence-electron chi connectivity index (χ0n) is 15.5. The summed E-state index contributed by atoms with van der Waals surface area (Å²) in [6.45, 7) is 3.12. The van der Waals surface area contributed by atoms with Gasteiger partial charge >= 0.3 is 6.03 Å². The van der Waals surface area contributed by atoms with Crippen LogP contribution in [0.3, 0.4) is 0 Å². The number of nitrogens with one attached hydrogen (secondary N) is 4. The fourth-order valence-electron chi connectivity index (χ4n) is 3.12. The Hall–Kier alpha value is -2.45. The monoisotopic (exact) mass is 384 g/mol. The largest absolute Gasteiger partial charge is 0.324 e. The van der Waals surface area contributed by atoms with Crippen LogP contribution in [0.15, 0.2) is 30.5 Å². The van der Waals surface area contributed by atoms with E-state index in [4.69, 9.17) is 10.8 Å². The van der Waals surface area contributed by atoms with E-state index in [1.165, 1.54) is 0 Å². The van der Waals surface area contributed by atoms with Crippen LogP contribution in [0, 0.1) is 10.8 Å². The Bertz CT molecular complexity index is 876. The second kappa shape index (κ2) is 8.49. The van der Waals surface area contributed by atoms with E-state index >= 15 is 0 Å². The van der Waals surface area contributed by atoms with E-state index in [2.05, 4.69) is 15.6 Å². The predicted octanol–water partition coefficient (Wildman–Crippen LogP) is 3.51. The first-order chi connectivity index (χ1) is 13.0. The summed E-state index contributed by atoms with van der Waals surface area (Å²) in [5.41, 5.74) is 0.747. The summed E-state index contributed by atoms with van der Waals surface area (Å²) in [5.74, 6) is 0.503. The van der Waals surface area contributed by atoms with Crippen molar-refractivity contribution in [1.29, 1.82) is 10.8 Å². The standard InChI is InChI=1S/C19H24N6OS/c1-12(20)27-18(21)13-3-4-14-11-23-17(10-15(14)9-13)24-19(26)25-7-5-16(22-2)6-8-25/h3-4,9-11,16,20-22H,5-8H2,1-2H3,(H,23,24,26). The zero-order chi connectivity index (χ0) is 19.4. The number of urea groups is 1. The highest BCUT2D eigenvalue weighted by Gasteiger charge is 2.22. The molecule has 2 aromatic rings. The Morgan fingerprint density at radius 2 is 1.96 bits per heavy atom. The van der Waals surface area contributed by atoms with Crippen molar-refractivity contribution in [3.05, 3.63) is 36.0 Å². The minimum absolute atomic E-state index is 0.129. The number of amides is 2. The topological polar surface area (TPSA) is 105 Å². The van der Waals surface area contributed by atoms with Crippen LogP contribution in [0.1, 0.15) is 25.3 Å². The molecule has 0 unspecified atom stereocenters. The number of carbonyl (C=O) groups is 1. The molecule has 142 valence electrons. The first-order valence-electron chi connectivity index (χ1n) is 8.91. The van der Waals surface area contributed by atoms with Crippen molar-refractivity contribution < 1.29 is 4.79 Å². The van der Waals surface area contributed by atoms with Crippen LogP contribution in [0.2, 0.25) is 0 Å². The van der Waals surface area contributed by atoms with Gasteiger partial charge in [-0.05, 0) is 44.3 Å². The van der Waals surface area contributed by atoms with Crippen molar-refractivity contribution in [3.63, 3.8) is 0 Å². The zero-order valence-corrected chi connectivity index (χ0v) is 16.3. The number of thioether (sulfide) groups is 1. The average molecular weight is 385 g/mol. The molecule has 8 heteroatoms. The molecule has 1 aromatic carbocycles. The summed E-state index contributed by atoms with van der Waals surface area (Å²) in [4.78, 5) is 18.6. The van der Waals surface area contributed by atoms with E-state index < -0.39 is 0 Å². The van der Waals surface area contributed by atoms with Gasteiger partial charge in [-0.3, -0.25) is 16.1 Å². The number of fused-ring (bicyclic) bond motifs is 1. The molecule has 1 fully saturated rings. The smallest absolute Gasteiger partial charge is 0.323 e. The molecule has 2 heterocycles. The van der Waals surface area contributed by atoms with Crippen LogP contribution in [0.5, 0.6) is 0 Å². The van der Waals surface area contributed by atoms with Gasteiger partial charge in [-0.2, -0.15) is 0 Å². The Morgan fingerprint density at radius 3 is 2.63 bits per heavy atom. The number of carbonyl (C=O) groups excluding carboxylic acids is 1. The van der Waals surface area contributed by atoms with Crippen molar-refractivity contribution in [2.45, 2.75) is 25.8 Å². The van der Waals surface area contributed by atoms with Gasteiger partial charge in [0.05, 0.1) is 5.04 Å². The summed E-state index contributed by atoms with van der Waals surface area (Å²) < 4.78 is 0. The number of benzene rings is 1.